The van der Waals surface area contributed by atoms with E-state index in [0.29, 0.717) is 5.56 Å². The standard InChI is InChI=1S/C22H15N3OS/c23-12-16-5-1-2-6-19(16)20-11-17(21-7-3-4-9-24-21)13-25(22(20)14-26)18-8-10-27-15-18/h1-11,13-15,22H. The third-order valence-corrected chi connectivity index (χ3v) is 5.13. The van der Waals surface area contributed by atoms with Crippen LogP contribution in [0.3, 0.4) is 0 Å². The van der Waals surface area contributed by atoms with Crippen molar-refractivity contribution in [2.24, 2.45) is 0 Å². The summed E-state index contributed by atoms with van der Waals surface area (Å²) in [5.41, 5.74) is 4.74. The number of carbonyl (C=O) groups is 1. The predicted molar refractivity (Wildman–Crippen MR) is 108 cm³/mol. The molecule has 130 valence electrons. The molecule has 0 N–H and O–H groups in total. The molecular weight excluding hydrogens is 354 g/mol. The summed E-state index contributed by atoms with van der Waals surface area (Å²) in [5, 5.41) is 13.5. The van der Waals surface area contributed by atoms with Gasteiger partial charge in [0.15, 0.2) is 0 Å². The van der Waals surface area contributed by atoms with Crippen LogP contribution in [0.25, 0.3) is 11.1 Å². The molecule has 1 aromatic carbocycles. The SMILES string of the molecule is N#Cc1ccccc1C1=CC(c2ccccn2)=CN(c2ccsc2)C1C=O. The minimum absolute atomic E-state index is 0.512. The molecule has 1 aliphatic rings. The molecule has 27 heavy (non-hydrogen) atoms. The summed E-state index contributed by atoms with van der Waals surface area (Å²) in [7, 11) is 0. The molecule has 0 amide bonds. The normalized spacial score (nSPS) is 16.3. The molecular formula is C22H15N3OS. The van der Waals surface area contributed by atoms with Crippen LogP contribution in [0.2, 0.25) is 0 Å². The van der Waals surface area contributed by atoms with Crippen LogP contribution in [0.1, 0.15) is 16.8 Å². The van der Waals surface area contributed by atoms with E-state index in [-0.39, 0.29) is 0 Å². The Bertz CT molecular complexity index is 1060. The second-order valence-electron chi connectivity index (χ2n) is 6.03. The molecule has 3 aromatic rings. The summed E-state index contributed by atoms with van der Waals surface area (Å²) >= 11 is 1.57. The first-order valence-corrected chi connectivity index (χ1v) is 9.36. The second kappa shape index (κ2) is 7.40. The van der Waals surface area contributed by atoms with Gasteiger partial charge in [-0.25, -0.2) is 0 Å². The number of aldehydes is 1. The number of carbonyl (C=O) groups excluding carboxylic acids is 1. The quantitative estimate of drug-likeness (QED) is 0.634. The van der Waals surface area contributed by atoms with Gasteiger partial charge in [-0.15, -0.1) is 0 Å². The third kappa shape index (κ3) is 3.19. The summed E-state index contributed by atoms with van der Waals surface area (Å²) < 4.78 is 0. The lowest BCUT2D eigenvalue weighted by Gasteiger charge is -2.32. The van der Waals surface area contributed by atoms with E-state index in [9.17, 15) is 10.1 Å². The Kier molecular flexibility index (Phi) is 4.65. The minimum Gasteiger partial charge on any atom is -0.332 e. The first-order chi connectivity index (χ1) is 13.3. The van der Waals surface area contributed by atoms with Crippen molar-refractivity contribution in [1.82, 2.24) is 4.98 Å². The zero-order chi connectivity index (χ0) is 18.6. The zero-order valence-corrected chi connectivity index (χ0v) is 15.1. The number of rotatable bonds is 4. The monoisotopic (exact) mass is 369 g/mol. The molecule has 1 atom stereocenters. The lowest BCUT2D eigenvalue weighted by atomic mass is 9.89. The molecule has 0 saturated carbocycles. The van der Waals surface area contributed by atoms with Crippen LogP contribution in [-0.4, -0.2) is 17.3 Å². The fourth-order valence-corrected chi connectivity index (χ4v) is 3.83. The molecule has 0 bridgehead atoms. The largest absolute Gasteiger partial charge is 0.332 e. The number of nitriles is 1. The van der Waals surface area contributed by atoms with Crippen molar-refractivity contribution in [2.75, 3.05) is 4.90 Å². The molecule has 0 saturated heterocycles. The van der Waals surface area contributed by atoms with Crippen molar-refractivity contribution in [3.8, 4) is 6.07 Å². The van der Waals surface area contributed by atoms with Gasteiger partial charge in [0.05, 0.1) is 23.0 Å². The zero-order valence-electron chi connectivity index (χ0n) is 14.3. The average Bonchev–Trinajstić information content (AvgIpc) is 3.28. The van der Waals surface area contributed by atoms with Crippen LogP contribution in [-0.2, 0) is 4.79 Å². The topological polar surface area (TPSA) is 57.0 Å². The maximum Gasteiger partial charge on any atom is 0.147 e. The van der Waals surface area contributed by atoms with Gasteiger partial charge in [0.1, 0.15) is 12.3 Å². The predicted octanol–water partition coefficient (Wildman–Crippen LogP) is 4.53. The van der Waals surface area contributed by atoms with Crippen LogP contribution < -0.4 is 4.90 Å². The molecule has 4 nitrogen and oxygen atoms in total. The molecule has 1 unspecified atom stereocenters. The van der Waals surface area contributed by atoms with Gasteiger partial charge in [0.25, 0.3) is 0 Å². The number of benzene rings is 1. The highest BCUT2D eigenvalue weighted by atomic mass is 32.1. The molecule has 0 fully saturated rings. The van der Waals surface area contributed by atoms with E-state index >= 15 is 0 Å². The van der Waals surface area contributed by atoms with Gasteiger partial charge >= 0.3 is 0 Å². The van der Waals surface area contributed by atoms with Crippen LogP contribution in [0, 0.1) is 11.3 Å². The van der Waals surface area contributed by atoms with E-state index in [1.165, 1.54) is 0 Å². The number of nitrogens with zero attached hydrogens (tertiary/aromatic N) is 3. The number of anilines is 1. The van der Waals surface area contributed by atoms with Crippen molar-refractivity contribution in [3.05, 3.63) is 94.6 Å². The maximum absolute atomic E-state index is 12.1. The minimum atomic E-state index is -0.512. The number of allylic oxidation sites excluding steroid dienone is 2. The number of aromatic nitrogens is 1. The summed E-state index contributed by atoms with van der Waals surface area (Å²) in [6.45, 7) is 0. The smallest absolute Gasteiger partial charge is 0.147 e. The average molecular weight is 369 g/mol. The maximum atomic E-state index is 12.1. The summed E-state index contributed by atoms with van der Waals surface area (Å²) in [4.78, 5) is 18.5. The van der Waals surface area contributed by atoms with Crippen molar-refractivity contribution < 1.29 is 4.79 Å². The van der Waals surface area contributed by atoms with Crippen molar-refractivity contribution in [1.29, 1.82) is 5.26 Å². The van der Waals surface area contributed by atoms with E-state index in [0.717, 1.165) is 34.4 Å². The molecule has 5 heteroatoms. The molecule has 4 rings (SSSR count). The van der Waals surface area contributed by atoms with Gasteiger partial charge < -0.3 is 9.69 Å². The Morgan fingerprint density at radius 1 is 1.15 bits per heavy atom. The fourth-order valence-electron chi connectivity index (χ4n) is 3.19. The Morgan fingerprint density at radius 2 is 2.00 bits per heavy atom. The molecule has 0 radical (unpaired) electrons. The molecule has 2 aromatic heterocycles. The number of pyridine rings is 1. The molecule has 1 aliphatic heterocycles. The van der Waals surface area contributed by atoms with Gasteiger partial charge in [-0.1, -0.05) is 24.3 Å². The Hall–Kier alpha value is -3.49. The lowest BCUT2D eigenvalue weighted by molar-refractivity contribution is -0.107. The van der Waals surface area contributed by atoms with E-state index < -0.39 is 6.04 Å². The van der Waals surface area contributed by atoms with Gasteiger partial charge in [-0.3, -0.25) is 4.98 Å². The van der Waals surface area contributed by atoms with Gasteiger partial charge in [0, 0.05) is 23.3 Å². The van der Waals surface area contributed by atoms with E-state index in [1.807, 2.05) is 70.4 Å². The van der Waals surface area contributed by atoms with E-state index in [1.54, 1.807) is 23.6 Å². The Balaban J connectivity index is 1.92. The van der Waals surface area contributed by atoms with Crippen molar-refractivity contribution in [3.63, 3.8) is 0 Å². The van der Waals surface area contributed by atoms with Crippen LogP contribution >= 0.6 is 11.3 Å². The summed E-state index contributed by atoms with van der Waals surface area (Å²) in [5.74, 6) is 0. The molecule has 0 spiro atoms. The fraction of sp³-hybridized carbons (Fsp3) is 0.0455. The highest BCUT2D eigenvalue weighted by Gasteiger charge is 2.28. The highest BCUT2D eigenvalue weighted by molar-refractivity contribution is 7.08. The molecule has 3 heterocycles. The first kappa shape index (κ1) is 17.0. The highest BCUT2D eigenvalue weighted by Crippen LogP contribution is 2.36. The second-order valence-corrected chi connectivity index (χ2v) is 6.81. The van der Waals surface area contributed by atoms with E-state index in [4.69, 9.17) is 0 Å². The number of hydrogen-bond donors (Lipinski definition) is 0. The first-order valence-electron chi connectivity index (χ1n) is 8.42. The summed E-state index contributed by atoms with van der Waals surface area (Å²) in [6.07, 6.45) is 6.57. The number of thiophene rings is 1. The van der Waals surface area contributed by atoms with Gasteiger partial charge in [-0.05, 0) is 46.9 Å². The Morgan fingerprint density at radius 3 is 2.70 bits per heavy atom. The lowest BCUT2D eigenvalue weighted by Crippen LogP contribution is -2.35. The molecule has 0 aliphatic carbocycles. The van der Waals surface area contributed by atoms with Gasteiger partial charge in [0.2, 0.25) is 0 Å². The van der Waals surface area contributed by atoms with Crippen LogP contribution in [0.4, 0.5) is 5.69 Å². The Labute approximate surface area is 161 Å². The third-order valence-electron chi connectivity index (χ3n) is 4.46. The van der Waals surface area contributed by atoms with Gasteiger partial charge in [-0.2, -0.15) is 16.6 Å². The van der Waals surface area contributed by atoms with E-state index in [2.05, 4.69) is 11.1 Å². The van der Waals surface area contributed by atoms with Crippen LogP contribution in [0.15, 0.2) is 77.8 Å². The van der Waals surface area contributed by atoms with Crippen molar-refractivity contribution in [2.45, 2.75) is 6.04 Å². The number of hydrogen-bond acceptors (Lipinski definition) is 5. The van der Waals surface area contributed by atoms with Crippen molar-refractivity contribution >= 4 is 34.5 Å². The van der Waals surface area contributed by atoms with Crippen LogP contribution in [0.5, 0.6) is 0 Å². The summed E-state index contributed by atoms with van der Waals surface area (Å²) in [6, 6.07) is 16.8.